The number of nitrogens with one attached hydrogen (secondary N) is 1. The molecule has 2 aliphatic heterocycles. The number of nitrogens with zero attached hydrogens (tertiary/aromatic N) is 5. The van der Waals surface area contributed by atoms with Crippen LogP contribution in [-0.2, 0) is 25.8 Å². The number of aliphatic carboxylic acids is 1. The summed E-state index contributed by atoms with van der Waals surface area (Å²) >= 11 is 5.25. The van der Waals surface area contributed by atoms with E-state index in [-0.39, 0.29) is 27.9 Å². The zero-order valence-electron chi connectivity index (χ0n) is 23.8. The second-order valence-corrected chi connectivity index (χ2v) is 14.0. The number of thioether (sulfide) groups is 2. The van der Waals surface area contributed by atoms with E-state index in [2.05, 4.69) is 20.4 Å². The van der Waals surface area contributed by atoms with Crippen LogP contribution in [0.5, 0.6) is 5.75 Å². The lowest BCUT2D eigenvalue weighted by atomic mass is 10.0. The molecule has 0 spiro atoms. The minimum atomic E-state index is -1.25. The molecule has 2 aliphatic rings. The molecule has 2 atom stereocenters. The Labute approximate surface area is 281 Å². The predicted molar refractivity (Wildman–Crippen MR) is 175 cm³/mol. The first-order chi connectivity index (χ1) is 22.6. The van der Waals surface area contributed by atoms with Gasteiger partial charge in [0.2, 0.25) is 5.43 Å². The van der Waals surface area contributed by atoms with Crippen molar-refractivity contribution in [2.75, 3.05) is 17.2 Å². The first-order valence-corrected chi connectivity index (χ1v) is 17.3. The number of thiazole rings is 2. The van der Waals surface area contributed by atoms with Crippen LogP contribution in [0.4, 0.5) is 5.13 Å². The maximum absolute atomic E-state index is 13.4. The zero-order chi connectivity index (χ0) is 33.2. The topological polar surface area (TPSA) is 223 Å². The van der Waals surface area contributed by atoms with E-state index in [1.54, 1.807) is 5.51 Å². The molecule has 0 aliphatic carbocycles. The number of aromatic hydroxyl groups is 1. The Bertz CT molecular complexity index is 1990. The summed E-state index contributed by atoms with van der Waals surface area (Å²) in [5.74, 6) is -2.74. The van der Waals surface area contributed by atoms with Gasteiger partial charge in [0.25, 0.3) is 11.8 Å². The monoisotopic (exact) mass is 713 g/mol. The number of carboxylic acids is 1. The predicted octanol–water partition coefficient (Wildman–Crippen LogP) is 2.41. The largest absolute Gasteiger partial charge is 0.503 e. The molecule has 3 aromatic heterocycles. The number of hydrogen-bond acceptors (Lipinski definition) is 15. The number of anilines is 1. The molecule has 6 N–H and O–H groups in total. The fourth-order valence-electron chi connectivity index (χ4n) is 4.71. The van der Waals surface area contributed by atoms with Crippen LogP contribution in [0.25, 0.3) is 11.3 Å². The number of aromatic nitrogens is 3. The van der Waals surface area contributed by atoms with E-state index in [9.17, 15) is 34.6 Å². The van der Waals surface area contributed by atoms with Crippen molar-refractivity contribution in [3.63, 3.8) is 0 Å². The molecule has 1 saturated heterocycles. The lowest BCUT2D eigenvalue weighted by Crippen LogP contribution is -2.71. The number of nitrogens with two attached hydrogens (primary N) is 1. The highest BCUT2D eigenvalue weighted by molar-refractivity contribution is 8.02. The summed E-state index contributed by atoms with van der Waals surface area (Å²) < 4.78 is 1.39. The lowest BCUT2D eigenvalue weighted by molar-refractivity contribution is -0.150. The Kier molecular flexibility index (Phi) is 9.21. The van der Waals surface area contributed by atoms with Gasteiger partial charge in [0.15, 0.2) is 23.2 Å². The minimum absolute atomic E-state index is 0.0420. The van der Waals surface area contributed by atoms with Crippen molar-refractivity contribution < 1.29 is 34.6 Å². The molecule has 0 radical (unpaired) electrons. The molecule has 0 unspecified atom stereocenters. The van der Waals surface area contributed by atoms with Gasteiger partial charge in [0.1, 0.15) is 28.5 Å². The van der Waals surface area contributed by atoms with Crippen LogP contribution in [0.15, 0.2) is 78.9 Å². The molecule has 19 heteroatoms. The SMILES string of the molecule is Nc1nc(/C(=N\OCc2cc(=O)c(O)cn2O)C(=O)N[C@@H]2C(=O)N3C(C(=O)O)=C(CSc4scnc4-c4ccccc4)CS[C@H]23)cs1. The fourth-order valence-corrected chi connectivity index (χ4v) is 8.70. The number of carbonyl (C=O) groups is 3. The molecule has 0 bridgehead atoms. The third kappa shape index (κ3) is 6.55. The lowest BCUT2D eigenvalue weighted by Gasteiger charge is -2.49. The van der Waals surface area contributed by atoms with E-state index < -0.39 is 47.0 Å². The van der Waals surface area contributed by atoms with Crippen LogP contribution in [0.3, 0.4) is 0 Å². The molecular formula is C28H23N7O8S4. The number of nitrogen functional groups attached to an aromatic ring is 1. The van der Waals surface area contributed by atoms with Crippen molar-refractivity contribution in [3.8, 4) is 17.0 Å². The average molecular weight is 714 g/mol. The first kappa shape index (κ1) is 32.1. The van der Waals surface area contributed by atoms with Crippen molar-refractivity contribution >= 4 is 74.8 Å². The number of oxime groups is 1. The van der Waals surface area contributed by atoms with Crippen LogP contribution in [0, 0.1) is 0 Å². The summed E-state index contributed by atoms with van der Waals surface area (Å²) in [6.07, 6.45) is 0.778. The highest BCUT2D eigenvalue weighted by atomic mass is 32.2. The standard InChI is InChI=1S/C28H23N7O8S4/c29-28-31-16(11-46-28)20(33-43-8-15-6-17(36)18(37)7-34(15)42)23(38)32-21-24(39)35-22(26(40)41)14(9-44-25(21)35)10-45-27-19(30-12-47-27)13-4-2-1-3-5-13/h1-7,11-12,21,25,37,42H,8-10H2,(H2,29,31)(H,32,38)(H,40,41)/b33-20+/t21-,25-/m1/s1. The summed E-state index contributed by atoms with van der Waals surface area (Å²) in [7, 11) is 0. The van der Waals surface area contributed by atoms with Crippen LogP contribution in [0.1, 0.15) is 11.4 Å². The quantitative estimate of drug-likeness (QED) is 0.0496. The van der Waals surface area contributed by atoms with Gasteiger partial charge in [0.05, 0.1) is 21.6 Å². The molecule has 5 heterocycles. The van der Waals surface area contributed by atoms with Crippen LogP contribution >= 0.6 is 46.2 Å². The van der Waals surface area contributed by atoms with Crippen LogP contribution in [0.2, 0.25) is 0 Å². The smallest absolute Gasteiger partial charge is 0.352 e. The van der Waals surface area contributed by atoms with Gasteiger partial charge in [-0.3, -0.25) is 19.3 Å². The average Bonchev–Trinajstić information content (AvgIpc) is 3.71. The number of β-lactam (4-membered cyclic amide) rings is 1. The Morgan fingerprint density at radius 1 is 1.21 bits per heavy atom. The fraction of sp³-hybridized carbons (Fsp3) is 0.179. The van der Waals surface area contributed by atoms with E-state index in [0.29, 0.717) is 21.8 Å². The van der Waals surface area contributed by atoms with Crippen molar-refractivity contribution in [2.24, 2.45) is 5.16 Å². The Morgan fingerprint density at radius 2 is 2.00 bits per heavy atom. The Morgan fingerprint density at radius 3 is 2.72 bits per heavy atom. The summed E-state index contributed by atoms with van der Waals surface area (Å²) in [6, 6.07) is 9.49. The summed E-state index contributed by atoms with van der Waals surface area (Å²) in [5.41, 5.74) is 8.53. The van der Waals surface area contributed by atoms with Crippen LogP contribution in [-0.4, -0.2) is 81.4 Å². The number of pyridine rings is 1. The molecule has 242 valence electrons. The highest BCUT2D eigenvalue weighted by Crippen LogP contribution is 2.43. The second kappa shape index (κ2) is 13.5. The summed E-state index contributed by atoms with van der Waals surface area (Å²) in [4.78, 5) is 65.8. The molecular weight excluding hydrogens is 691 g/mol. The highest BCUT2D eigenvalue weighted by Gasteiger charge is 2.54. The number of carbonyl (C=O) groups excluding carboxylic acids is 2. The molecule has 15 nitrogen and oxygen atoms in total. The Balaban J connectivity index is 1.16. The van der Waals surface area contributed by atoms with Gasteiger partial charge < -0.3 is 31.3 Å². The number of benzene rings is 1. The third-order valence-corrected chi connectivity index (χ3v) is 11.2. The van der Waals surface area contributed by atoms with Crippen molar-refractivity contribution in [3.05, 3.63) is 86.4 Å². The second-order valence-electron chi connectivity index (χ2n) is 9.90. The molecule has 47 heavy (non-hydrogen) atoms. The molecule has 1 aromatic carbocycles. The maximum atomic E-state index is 13.4. The summed E-state index contributed by atoms with van der Waals surface area (Å²) in [6.45, 7) is -0.473. The maximum Gasteiger partial charge on any atom is 0.352 e. The zero-order valence-corrected chi connectivity index (χ0v) is 27.1. The van der Waals surface area contributed by atoms with Gasteiger partial charge in [-0.1, -0.05) is 35.5 Å². The van der Waals surface area contributed by atoms with Crippen molar-refractivity contribution in [1.82, 2.24) is 24.9 Å². The van der Waals surface area contributed by atoms with Crippen molar-refractivity contribution in [2.45, 2.75) is 22.2 Å². The molecule has 6 rings (SSSR count). The minimum Gasteiger partial charge on any atom is -0.503 e. The summed E-state index contributed by atoms with van der Waals surface area (Å²) in [5, 5.41) is 36.8. The van der Waals surface area contributed by atoms with Gasteiger partial charge >= 0.3 is 5.97 Å². The van der Waals surface area contributed by atoms with Gasteiger partial charge in [-0.2, -0.15) is 4.73 Å². The normalized spacial score (nSPS) is 17.7. The van der Waals surface area contributed by atoms with E-state index in [4.69, 9.17) is 10.6 Å². The number of fused-ring (bicyclic) bond motifs is 1. The van der Waals surface area contributed by atoms with Gasteiger partial charge in [-0.05, 0) is 5.57 Å². The molecule has 4 aromatic rings. The number of carboxylic acid groups (broad SMARTS) is 1. The Hall–Kier alpha value is -4.85. The van der Waals surface area contributed by atoms with E-state index in [1.165, 1.54) is 45.1 Å². The molecule has 2 amide bonds. The van der Waals surface area contributed by atoms with Gasteiger partial charge in [-0.15, -0.1) is 46.2 Å². The van der Waals surface area contributed by atoms with Crippen LogP contribution < -0.4 is 16.5 Å². The molecule has 1 fully saturated rings. The van der Waals surface area contributed by atoms with Gasteiger partial charge in [0, 0.05) is 28.5 Å². The molecule has 0 saturated carbocycles. The third-order valence-electron chi connectivity index (χ3n) is 6.93. The van der Waals surface area contributed by atoms with E-state index in [1.807, 2.05) is 30.3 Å². The first-order valence-electron chi connectivity index (χ1n) is 13.5. The number of amides is 2. The van der Waals surface area contributed by atoms with Crippen molar-refractivity contribution in [1.29, 1.82) is 0 Å². The number of hydrogen-bond donors (Lipinski definition) is 5. The van der Waals surface area contributed by atoms with E-state index in [0.717, 1.165) is 39.1 Å². The van der Waals surface area contributed by atoms with Gasteiger partial charge in [-0.25, -0.2) is 14.8 Å². The van der Waals surface area contributed by atoms with E-state index >= 15 is 0 Å². The number of rotatable bonds is 11.